The number of aromatic nitrogens is 3. The molecule has 0 radical (unpaired) electrons. The number of ether oxygens (including phenoxy) is 1. The summed E-state index contributed by atoms with van der Waals surface area (Å²) >= 11 is 0. The average Bonchev–Trinajstić information content (AvgIpc) is 3.21. The van der Waals surface area contributed by atoms with Crippen LogP contribution in [-0.2, 0) is 0 Å². The van der Waals surface area contributed by atoms with Crippen molar-refractivity contribution in [3.05, 3.63) is 42.6 Å². The van der Waals surface area contributed by atoms with E-state index in [-0.39, 0.29) is 11.9 Å². The van der Waals surface area contributed by atoms with Crippen LogP contribution in [0, 0.1) is 5.82 Å². The fourth-order valence-electron chi connectivity index (χ4n) is 3.13. The minimum absolute atomic E-state index is 0.194. The molecule has 3 aromatic rings. The zero-order valence-electron chi connectivity index (χ0n) is 13.2. The third kappa shape index (κ3) is 2.28. The number of hydrogen-bond acceptors (Lipinski definition) is 5. The van der Waals surface area contributed by atoms with Crippen LogP contribution in [0.25, 0.3) is 16.9 Å². The number of rotatable bonds is 3. The topological polar surface area (TPSA) is 62.9 Å². The summed E-state index contributed by atoms with van der Waals surface area (Å²) in [5.41, 5.74) is 1.69. The zero-order chi connectivity index (χ0) is 16.7. The molecule has 1 aromatic carbocycles. The van der Waals surface area contributed by atoms with E-state index >= 15 is 0 Å². The molecule has 6 nitrogen and oxygen atoms in total. The van der Waals surface area contributed by atoms with Gasteiger partial charge in [-0.15, -0.1) is 0 Å². The lowest BCUT2D eigenvalue weighted by Gasteiger charge is -2.17. The van der Waals surface area contributed by atoms with Crippen molar-refractivity contribution in [2.24, 2.45) is 0 Å². The number of benzene rings is 1. The first-order valence-corrected chi connectivity index (χ1v) is 7.77. The van der Waals surface area contributed by atoms with Crippen molar-refractivity contribution < 1.29 is 14.2 Å². The van der Waals surface area contributed by atoms with Gasteiger partial charge in [0.1, 0.15) is 0 Å². The summed E-state index contributed by atoms with van der Waals surface area (Å²) in [7, 11) is 1.44. The van der Waals surface area contributed by atoms with Crippen molar-refractivity contribution in [3.63, 3.8) is 0 Å². The van der Waals surface area contributed by atoms with Gasteiger partial charge in [0, 0.05) is 31.0 Å². The number of hydrogen-bond donors (Lipinski definition) is 1. The molecule has 1 aliphatic heterocycles. The Kier molecular flexibility index (Phi) is 3.57. The predicted molar refractivity (Wildman–Crippen MR) is 87.8 cm³/mol. The molecular formula is C17H17FN4O2. The standard InChI is InChI=1S/C17H17FN4O2/c1-24-14-4-2-3-12(15(14)18)13-9-20-17-16(19-6-8-22(13)17)21-7-5-11(23)10-21/h2-4,6,8-9,11,23H,5,7,10H2,1H3. The number of aliphatic hydroxyl groups is 1. The van der Waals surface area contributed by atoms with E-state index in [1.165, 1.54) is 7.11 Å². The van der Waals surface area contributed by atoms with Gasteiger partial charge in [-0.3, -0.25) is 4.40 Å². The molecule has 1 N–H and O–H groups in total. The minimum atomic E-state index is -0.420. The fraction of sp³-hybridized carbons (Fsp3) is 0.294. The Labute approximate surface area is 138 Å². The smallest absolute Gasteiger partial charge is 0.180 e. The first kappa shape index (κ1) is 14.9. The van der Waals surface area contributed by atoms with E-state index in [1.54, 1.807) is 36.8 Å². The molecule has 1 fully saturated rings. The molecule has 1 atom stereocenters. The first-order chi connectivity index (χ1) is 11.7. The molecule has 7 heteroatoms. The van der Waals surface area contributed by atoms with Crippen LogP contribution in [-0.4, -0.2) is 45.8 Å². The van der Waals surface area contributed by atoms with Crippen LogP contribution in [0.2, 0.25) is 0 Å². The molecule has 0 aliphatic carbocycles. The zero-order valence-corrected chi connectivity index (χ0v) is 13.2. The van der Waals surface area contributed by atoms with Crippen molar-refractivity contribution in [1.29, 1.82) is 0 Å². The van der Waals surface area contributed by atoms with E-state index < -0.39 is 5.82 Å². The molecular weight excluding hydrogens is 311 g/mol. The molecule has 2 aromatic heterocycles. The van der Waals surface area contributed by atoms with Crippen molar-refractivity contribution in [2.75, 3.05) is 25.1 Å². The highest BCUT2D eigenvalue weighted by Gasteiger charge is 2.24. The largest absolute Gasteiger partial charge is 0.494 e. The highest BCUT2D eigenvalue weighted by Crippen LogP contribution is 2.31. The van der Waals surface area contributed by atoms with Crippen LogP contribution in [0.5, 0.6) is 5.75 Å². The monoisotopic (exact) mass is 328 g/mol. The summed E-state index contributed by atoms with van der Waals surface area (Å²) in [6.07, 6.45) is 5.41. The number of nitrogens with zero attached hydrogens (tertiary/aromatic N) is 4. The van der Waals surface area contributed by atoms with Crippen LogP contribution in [0.15, 0.2) is 36.8 Å². The number of fused-ring (bicyclic) bond motifs is 1. The Morgan fingerprint density at radius 2 is 2.21 bits per heavy atom. The van der Waals surface area contributed by atoms with Crippen molar-refractivity contribution in [3.8, 4) is 17.0 Å². The van der Waals surface area contributed by atoms with Gasteiger partial charge in [-0.1, -0.05) is 6.07 Å². The highest BCUT2D eigenvalue weighted by atomic mass is 19.1. The third-order valence-corrected chi connectivity index (χ3v) is 4.33. The fourth-order valence-corrected chi connectivity index (χ4v) is 3.13. The lowest BCUT2D eigenvalue weighted by Crippen LogP contribution is -2.23. The molecule has 4 rings (SSSR count). The second kappa shape index (κ2) is 5.76. The quantitative estimate of drug-likeness (QED) is 0.798. The Hall–Kier alpha value is -2.67. The average molecular weight is 328 g/mol. The summed E-state index contributed by atoms with van der Waals surface area (Å²) in [6.45, 7) is 1.26. The van der Waals surface area contributed by atoms with E-state index in [9.17, 15) is 9.50 Å². The number of halogens is 1. The summed E-state index contributed by atoms with van der Waals surface area (Å²) in [4.78, 5) is 10.8. The SMILES string of the molecule is COc1cccc(-c2cnc3c(N4CCC(O)C4)nccn23)c1F. The Bertz CT molecular complexity index is 895. The van der Waals surface area contributed by atoms with Gasteiger partial charge in [0.05, 0.1) is 25.1 Å². The Morgan fingerprint density at radius 1 is 1.33 bits per heavy atom. The van der Waals surface area contributed by atoms with Crippen LogP contribution < -0.4 is 9.64 Å². The van der Waals surface area contributed by atoms with Crippen molar-refractivity contribution in [1.82, 2.24) is 14.4 Å². The molecule has 0 saturated carbocycles. The van der Waals surface area contributed by atoms with Gasteiger partial charge < -0.3 is 14.7 Å². The highest BCUT2D eigenvalue weighted by molar-refractivity contribution is 5.72. The lowest BCUT2D eigenvalue weighted by atomic mass is 10.1. The molecule has 124 valence electrons. The van der Waals surface area contributed by atoms with Gasteiger partial charge in [-0.05, 0) is 18.6 Å². The molecule has 24 heavy (non-hydrogen) atoms. The second-order valence-electron chi connectivity index (χ2n) is 5.80. The van der Waals surface area contributed by atoms with Crippen molar-refractivity contribution in [2.45, 2.75) is 12.5 Å². The van der Waals surface area contributed by atoms with E-state index in [0.29, 0.717) is 35.7 Å². The number of β-amino-alcohol motifs (C(OH)–C–C–N with tert-alkyl or cyclic N) is 1. The molecule has 3 heterocycles. The Morgan fingerprint density at radius 3 is 2.96 bits per heavy atom. The summed E-state index contributed by atoms with van der Waals surface area (Å²) < 4.78 is 21.5. The van der Waals surface area contributed by atoms with Crippen LogP contribution in [0.4, 0.5) is 10.2 Å². The van der Waals surface area contributed by atoms with Gasteiger partial charge in [0.2, 0.25) is 0 Å². The van der Waals surface area contributed by atoms with E-state index in [0.717, 1.165) is 6.54 Å². The van der Waals surface area contributed by atoms with Gasteiger partial charge in [-0.25, -0.2) is 14.4 Å². The van der Waals surface area contributed by atoms with E-state index in [2.05, 4.69) is 9.97 Å². The maximum absolute atomic E-state index is 14.6. The van der Waals surface area contributed by atoms with Gasteiger partial charge >= 0.3 is 0 Å². The molecule has 1 unspecified atom stereocenters. The van der Waals surface area contributed by atoms with Gasteiger partial charge in [0.15, 0.2) is 23.0 Å². The number of aliphatic hydroxyl groups excluding tert-OH is 1. The molecule has 0 spiro atoms. The van der Waals surface area contributed by atoms with Crippen LogP contribution in [0.3, 0.4) is 0 Å². The van der Waals surface area contributed by atoms with Crippen LogP contribution >= 0.6 is 0 Å². The molecule has 0 bridgehead atoms. The lowest BCUT2D eigenvalue weighted by molar-refractivity contribution is 0.198. The van der Waals surface area contributed by atoms with Crippen molar-refractivity contribution >= 4 is 11.5 Å². The summed E-state index contributed by atoms with van der Waals surface area (Å²) in [6, 6.07) is 5.03. The molecule has 0 amide bonds. The van der Waals surface area contributed by atoms with Gasteiger partial charge in [-0.2, -0.15) is 0 Å². The second-order valence-corrected chi connectivity index (χ2v) is 5.80. The summed E-state index contributed by atoms with van der Waals surface area (Å²) in [5.74, 6) is 0.472. The van der Waals surface area contributed by atoms with E-state index in [1.807, 2.05) is 9.30 Å². The van der Waals surface area contributed by atoms with E-state index in [4.69, 9.17) is 4.74 Å². The van der Waals surface area contributed by atoms with Gasteiger partial charge in [0.25, 0.3) is 0 Å². The number of imidazole rings is 1. The maximum atomic E-state index is 14.6. The predicted octanol–water partition coefficient (Wildman–Crippen LogP) is 2.11. The third-order valence-electron chi connectivity index (χ3n) is 4.33. The first-order valence-electron chi connectivity index (χ1n) is 7.77. The maximum Gasteiger partial charge on any atom is 0.180 e. The molecule has 1 saturated heterocycles. The Balaban J connectivity index is 1.85. The minimum Gasteiger partial charge on any atom is -0.494 e. The van der Waals surface area contributed by atoms with Crippen LogP contribution in [0.1, 0.15) is 6.42 Å². The number of anilines is 1. The normalized spacial score (nSPS) is 17.6. The molecule has 1 aliphatic rings. The summed E-state index contributed by atoms with van der Waals surface area (Å²) in [5, 5.41) is 9.75. The number of methoxy groups -OCH3 is 1.